The molecule has 0 amide bonds. The molecular formula is C33H49F5O4. The molecule has 0 aromatic heterocycles. The molecule has 0 radical (unpaired) electrons. The maximum absolute atomic E-state index is 12.7. The zero-order valence-electron chi connectivity index (χ0n) is 25.1. The molecule has 3 aliphatic carbocycles. The van der Waals surface area contributed by atoms with Gasteiger partial charge in [-0.15, -0.1) is 0 Å². The van der Waals surface area contributed by atoms with Crippen LogP contribution in [-0.4, -0.2) is 39.5 Å². The number of halogens is 5. The first kappa shape index (κ1) is 34.6. The summed E-state index contributed by atoms with van der Waals surface area (Å²) < 4.78 is 61.5. The lowest BCUT2D eigenvalue weighted by molar-refractivity contribution is -0.284. The summed E-state index contributed by atoms with van der Waals surface area (Å²) in [4.78, 5) is 11.0. The lowest BCUT2D eigenvalue weighted by atomic mass is 9.55. The van der Waals surface area contributed by atoms with Crippen LogP contribution >= 0.6 is 0 Å². The third-order valence-electron chi connectivity index (χ3n) is 10.4. The Morgan fingerprint density at radius 1 is 0.976 bits per heavy atom. The Balaban J connectivity index is 0.000000230. The summed E-state index contributed by atoms with van der Waals surface area (Å²) in [6, 6.07) is 5.96. The van der Waals surface area contributed by atoms with Crippen molar-refractivity contribution in [3.8, 4) is 5.75 Å². The van der Waals surface area contributed by atoms with Gasteiger partial charge in [0.25, 0.3) is 0 Å². The summed E-state index contributed by atoms with van der Waals surface area (Å²) in [7, 11) is 0. The van der Waals surface area contributed by atoms with Gasteiger partial charge >= 0.3 is 18.1 Å². The van der Waals surface area contributed by atoms with Crippen molar-refractivity contribution in [2.75, 3.05) is 0 Å². The molecular weight excluding hydrogens is 555 g/mol. The molecule has 0 saturated heterocycles. The number of aliphatic carboxylic acids is 1. The van der Waals surface area contributed by atoms with Crippen LogP contribution in [0.25, 0.3) is 0 Å². The van der Waals surface area contributed by atoms with Gasteiger partial charge in [-0.2, -0.15) is 22.0 Å². The largest absolute Gasteiger partial charge is 0.508 e. The summed E-state index contributed by atoms with van der Waals surface area (Å²) in [6.07, 6.45) is 5.43. The summed E-state index contributed by atoms with van der Waals surface area (Å²) in [6.45, 7) is 4.40. The van der Waals surface area contributed by atoms with Gasteiger partial charge < -0.3 is 15.3 Å². The summed E-state index contributed by atoms with van der Waals surface area (Å²) in [5, 5.41) is 29.0. The Hall–Kier alpha value is -1.90. The number of phenols is 1. The molecule has 0 spiro atoms. The number of rotatable bonds is 12. The molecule has 5 unspecified atom stereocenters. The van der Waals surface area contributed by atoms with E-state index in [1.165, 1.54) is 30.4 Å². The van der Waals surface area contributed by atoms with E-state index in [9.17, 15) is 37.0 Å². The molecule has 0 aliphatic heterocycles. The molecule has 1 aromatic rings. The fourth-order valence-corrected chi connectivity index (χ4v) is 7.82. The average molecular weight is 605 g/mol. The van der Waals surface area contributed by atoms with Crippen LogP contribution in [0.2, 0.25) is 0 Å². The molecule has 3 aliphatic rings. The predicted molar refractivity (Wildman–Crippen MR) is 153 cm³/mol. The van der Waals surface area contributed by atoms with Crippen LogP contribution in [0, 0.1) is 23.2 Å². The molecule has 0 heterocycles. The van der Waals surface area contributed by atoms with E-state index in [0.29, 0.717) is 30.4 Å². The number of benzene rings is 1. The highest BCUT2D eigenvalue weighted by molar-refractivity contribution is 5.69. The van der Waals surface area contributed by atoms with E-state index >= 15 is 0 Å². The van der Waals surface area contributed by atoms with Crippen molar-refractivity contribution in [1.29, 1.82) is 0 Å². The van der Waals surface area contributed by atoms with Crippen LogP contribution in [-0.2, 0) is 11.2 Å². The fraction of sp³-hybridized carbons (Fsp3) is 0.788. The van der Waals surface area contributed by atoms with E-state index < -0.39 is 36.8 Å². The number of aliphatic hydroxyl groups is 1. The highest BCUT2D eigenvalue weighted by Crippen LogP contribution is 2.60. The van der Waals surface area contributed by atoms with Crippen molar-refractivity contribution in [3.63, 3.8) is 0 Å². The number of unbranched alkanes of at least 4 members (excludes halogenated alkanes) is 5. The number of carboxylic acid groups (broad SMARTS) is 1. The first-order valence-corrected chi connectivity index (χ1v) is 15.9. The topological polar surface area (TPSA) is 77.8 Å². The summed E-state index contributed by atoms with van der Waals surface area (Å²) >= 11 is 0. The number of aryl methyl sites for hydroxylation is 1. The molecule has 6 atom stereocenters. The first-order chi connectivity index (χ1) is 19.7. The van der Waals surface area contributed by atoms with Gasteiger partial charge in [-0.05, 0) is 104 Å². The van der Waals surface area contributed by atoms with Gasteiger partial charge in [0, 0.05) is 6.42 Å². The number of carboxylic acids is 1. The zero-order chi connectivity index (χ0) is 31.1. The van der Waals surface area contributed by atoms with E-state index in [-0.39, 0.29) is 17.9 Å². The molecule has 9 heteroatoms. The lowest BCUT2D eigenvalue weighted by Gasteiger charge is -2.50. The monoisotopic (exact) mass is 604 g/mol. The van der Waals surface area contributed by atoms with Crippen LogP contribution in [0.4, 0.5) is 22.0 Å². The number of aromatic hydroxyl groups is 1. The number of aliphatic hydroxyl groups excluding tert-OH is 1. The van der Waals surface area contributed by atoms with Gasteiger partial charge in [0.15, 0.2) is 0 Å². The second kappa shape index (κ2) is 14.7. The third kappa shape index (κ3) is 8.38. The summed E-state index contributed by atoms with van der Waals surface area (Å²) in [5.74, 6) is -4.21. The average Bonchev–Trinajstić information content (AvgIpc) is 3.23. The van der Waals surface area contributed by atoms with Crippen molar-refractivity contribution in [3.05, 3.63) is 29.3 Å². The van der Waals surface area contributed by atoms with Crippen molar-refractivity contribution in [1.82, 2.24) is 0 Å². The lowest BCUT2D eigenvalue weighted by Crippen LogP contribution is -2.43. The van der Waals surface area contributed by atoms with Gasteiger partial charge in [-0.3, -0.25) is 4.79 Å². The number of carbonyl (C=O) groups is 1. The zero-order valence-corrected chi connectivity index (χ0v) is 25.1. The molecule has 2 saturated carbocycles. The third-order valence-corrected chi connectivity index (χ3v) is 10.4. The smallest absolute Gasteiger partial charge is 0.453 e. The standard InChI is InChI=1S/C18H24O2.C15H25F5O2/c1-18-9-8-14-13-5-3-12(19)10-11(13)2-4-15(14)16(18)6-7-17(18)20;1-2-3-4-5-6-7-9-12(13(21)22)10-8-11-14(16,17)15(18,19)20/h3,5,10,14-17,19-20H,2,4,6-9H2,1H3;12H,2-11H2,1H3,(H,21,22)/t14?,15?,16?,17-,18?;/m0./s1. The molecule has 2 fully saturated rings. The normalized spacial score (nSPS) is 27.7. The summed E-state index contributed by atoms with van der Waals surface area (Å²) in [5.41, 5.74) is 2.99. The minimum atomic E-state index is -5.56. The van der Waals surface area contributed by atoms with E-state index in [0.717, 1.165) is 57.3 Å². The van der Waals surface area contributed by atoms with Crippen molar-refractivity contribution in [2.45, 2.75) is 141 Å². The Kier molecular flexibility index (Phi) is 12.1. The second-order valence-electron chi connectivity index (χ2n) is 13.1. The Morgan fingerprint density at radius 3 is 2.31 bits per heavy atom. The van der Waals surface area contributed by atoms with Gasteiger partial charge in [0.1, 0.15) is 5.75 Å². The number of hydrogen-bond acceptors (Lipinski definition) is 3. The van der Waals surface area contributed by atoms with Crippen molar-refractivity contribution in [2.24, 2.45) is 23.2 Å². The first-order valence-electron chi connectivity index (χ1n) is 15.9. The number of phenolic OH excluding ortho intramolecular Hbond substituents is 1. The highest BCUT2D eigenvalue weighted by Gasteiger charge is 2.56. The van der Waals surface area contributed by atoms with Gasteiger partial charge in [0.05, 0.1) is 12.0 Å². The number of alkyl halides is 5. The fourth-order valence-electron chi connectivity index (χ4n) is 7.82. The highest BCUT2D eigenvalue weighted by atomic mass is 19.4. The van der Waals surface area contributed by atoms with E-state index in [2.05, 4.69) is 19.9 Å². The Morgan fingerprint density at radius 2 is 1.64 bits per heavy atom. The van der Waals surface area contributed by atoms with Crippen molar-refractivity contribution >= 4 is 5.97 Å². The Labute approximate surface area is 247 Å². The quantitative estimate of drug-likeness (QED) is 0.164. The van der Waals surface area contributed by atoms with Crippen molar-refractivity contribution < 1.29 is 42.1 Å². The predicted octanol–water partition coefficient (Wildman–Crippen LogP) is 9.41. The molecule has 1 aromatic carbocycles. The molecule has 0 bridgehead atoms. The van der Waals surface area contributed by atoms with E-state index in [1.807, 2.05) is 12.1 Å². The maximum Gasteiger partial charge on any atom is 0.453 e. The number of hydrogen-bond donors (Lipinski definition) is 3. The van der Waals surface area contributed by atoms with Gasteiger partial charge in [-0.1, -0.05) is 58.4 Å². The van der Waals surface area contributed by atoms with Crippen LogP contribution in [0.15, 0.2) is 18.2 Å². The minimum Gasteiger partial charge on any atom is -0.508 e. The molecule has 3 N–H and O–H groups in total. The van der Waals surface area contributed by atoms with Crippen LogP contribution < -0.4 is 0 Å². The maximum atomic E-state index is 12.7. The molecule has 4 nitrogen and oxygen atoms in total. The molecule has 4 rings (SSSR count). The molecule has 240 valence electrons. The van der Waals surface area contributed by atoms with Gasteiger partial charge in [-0.25, -0.2) is 0 Å². The SMILES string of the molecule is CC12CCC3c4ccc(O)cc4CCC3C1CC[C@@H]2O.CCCCCCCCC(CCCC(F)(F)C(F)(F)F)C(=O)O. The number of fused-ring (bicyclic) bond motifs is 5. The minimum absolute atomic E-state index is 0.0883. The Bertz CT molecular complexity index is 1010. The van der Waals surface area contributed by atoms with Crippen LogP contribution in [0.1, 0.15) is 127 Å². The van der Waals surface area contributed by atoms with Crippen LogP contribution in [0.5, 0.6) is 5.75 Å². The molecule has 42 heavy (non-hydrogen) atoms. The van der Waals surface area contributed by atoms with Gasteiger partial charge in [0.2, 0.25) is 0 Å². The van der Waals surface area contributed by atoms with E-state index in [1.54, 1.807) is 0 Å². The van der Waals surface area contributed by atoms with Crippen LogP contribution in [0.3, 0.4) is 0 Å². The second-order valence-corrected chi connectivity index (χ2v) is 13.1. The van der Waals surface area contributed by atoms with E-state index in [4.69, 9.17) is 5.11 Å².